The molecule has 0 saturated carbocycles. The van der Waals surface area contributed by atoms with Gasteiger partial charge in [0.25, 0.3) is 0 Å². The molecule has 4 rings (SSSR count). The third kappa shape index (κ3) is 4.81. The van der Waals surface area contributed by atoms with Gasteiger partial charge in [-0.3, -0.25) is 0 Å². The number of carbonyl (C=O) groups is 1. The van der Waals surface area contributed by atoms with E-state index in [1.54, 1.807) is 29.2 Å². The van der Waals surface area contributed by atoms with Crippen LogP contribution >= 0.6 is 11.3 Å². The molecule has 1 aliphatic rings. The van der Waals surface area contributed by atoms with Crippen molar-refractivity contribution in [3.8, 4) is 11.3 Å². The van der Waals surface area contributed by atoms with Gasteiger partial charge in [-0.2, -0.15) is 0 Å². The van der Waals surface area contributed by atoms with Gasteiger partial charge in [0.05, 0.1) is 10.6 Å². The fraction of sp³-hybridized carbons (Fsp3) is 0.435. The van der Waals surface area contributed by atoms with Crippen LogP contribution in [0.1, 0.15) is 26.7 Å². The average molecular weight is 489 g/mol. The second kappa shape index (κ2) is 8.90. The minimum Gasteiger partial charge on any atom is -0.465 e. The van der Waals surface area contributed by atoms with Gasteiger partial charge in [0.1, 0.15) is 10.3 Å². The van der Waals surface area contributed by atoms with Crippen LogP contribution in [0, 0.1) is 5.92 Å². The van der Waals surface area contributed by atoms with Crippen molar-refractivity contribution in [2.24, 2.45) is 5.92 Å². The molecular formula is C23H28N4O4S2. The maximum absolute atomic E-state index is 11.7. The number of likely N-dealkylation sites (tertiary alicyclic amines) is 1. The highest BCUT2D eigenvalue weighted by Gasteiger charge is 2.35. The first kappa shape index (κ1) is 23.4. The van der Waals surface area contributed by atoms with E-state index in [2.05, 4.69) is 18.7 Å². The third-order valence-electron chi connectivity index (χ3n) is 6.30. The van der Waals surface area contributed by atoms with Crippen LogP contribution in [0.5, 0.6) is 0 Å². The Morgan fingerprint density at radius 2 is 1.88 bits per heavy atom. The first-order valence-electron chi connectivity index (χ1n) is 10.8. The van der Waals surface area contributed by atoms with Crippen molar-refractivity contribution in [3.05, 3.63) is 36.4 Å². The van der Waals surface area contributed by atoms with E-state index in [1.807, 2.05) is 19.2 Å². The van der Waals surface area contributed by atoms with E-state index in [9.17, 15) is 18.3 Å². The molecule has 0 radical (unpaired) electrons. The first-order chi connectivity index (χ1) is 15.5. The van der Waals surface area contributed by atoms with Crippen molar-refractivity contribution in [1.82, 2.24) is 14.9 Å². The van der Waals surface area contributed by atoms with E-state index < -0.39 is 15.9 Å². The Morgan fingerprint density at radius 1 is 1.18 bits per heavy atom. The molecule has 1 saturated heterocycles. The van der Waals surface area contributed by atoms with E-state index >= 15 is 0 Å². The van der Waals surface area contributed by atoms with E-state index in [0.29, 0.717) is 6.54 Å². The fourth-order valence-electron chi connectivity index (χ4n) is 4.35. The Labute approximate surface area is 197 Å². The lowest BCUT2D eigenvalue weighted by Gasteiger charge is -2.42. The molecule has 1 aliphatic heterocycles. The molecule has 0 bridgehead atoms. The van der Waals surface area contributed by atoms with Gasteiger partial charge in [-0.25, -0.2) is 23.2 Å². The molecule has 10 heteroatoms. The molecule has 0 aliphatic carbocycles. The second-order valence-electron chi connectivity index (χ2n) is 8.89. The lowest BCUT2D eigenvalue weighted by atomic mass is 9.89. The number of pyridine rings is 1. The summed E-state index contributed by atoms with van der Waals surface area (Å²) in [4.78, 5) is 25.9. The molecule has 3 aromatic rings. The van der Waals surface area contributed by atoms with Crippen molar-refractivity contribution >= 4 is 42.7 Å². The summed E-state index contributed by atoms with van der Waals surface area (Å²) in [5.74, 6) is 0.242. The SMILES string of the molecule is CC(C)C1CC(N(C)c2nc3ccc(-c4ccc(S(C)(=O)=O)cc4)nc3s2)CCN1C(=O)O. The third-order valence-corrected chi connectivity index (χ3v) is 8.49. The van der Waals surface area contributed by atoms with E-state index in [-0.39, 0.29) is 22.9 Å². The Morgan fingerprint density at radius 3 is 2.48 bits per heavy atom. The predicted octanol–water partition coefficient (Wildman–Crippen LogP) is 4.37. The summed E-state index contributed by atoms with van der Waals surface area (Å²) in [6.07, 6.45) is 1.86. The Kier molecular flexibility index (Phi) is 6.32. The highest BCUT2D eigenvalue weighted by Crippen LogP contribution is 2.34. The van der Waals surface area contributed by atoms with Gasteiger partial charge in [-0.05, 0) is 43.0 Å². The van der Waals surface area contributed by atoms with Crippen LogP contribution in [0.4, 0.5) is 9.93 Å². The maximum atomic E-state index is 11.7. The van der Waals surface area contributed by atoms with E-state index in [1.165, 1.54) is 17.6 Å². The van der Waals surface area contributed by atoms with Gasteiger partial charge in [-0.1, -0.05) is 37.3 Å². The summed E-state index contributed by atoms with van der Waals surface area (Å²) in [6.45, 7) is 4.65. The number of amides is 1. The van der Waals surface area contributed by atoms with Crippen molar-refractivity contribution in [3.63, 3.8) is 0 Å². The summed E-state index contributed by atoms with van der Waals surface area (Å²) < 4.78 is 23.4. The zero-order valence-electron chi connectivity index (χ0n) is 19.1. The molecule has 2 atom stereocenters. The molecule has 2 unspecified atom stereocenters. The maximum Gasteiger partial charge on any atom is 0.407 e. The number of benzene rings is 1. The molecule has 8 nitrogen and oxygen atoms in total. The molecule has 1 aromatic carbocycles. The second-order valence-corrected chi connectivity index (χ2v) is 11.9. The van der Waals surface area contributed by atoms with E-state index in [0.717, 1.165) is 39.6 Å². The Bertz CT molecular complexity index is 1270. The number of rotatable bonds is 5. The number of aromatic nitrogens is 2. The molecule has 1 fully saturated rings. The normalized spacial score (nSPS) is 19.2. The number of carboxylic acid groups (broad SMARTS) is 1. The highest BCUT2D eigenvalue weighted by atomic mass is 32.2. The molecular weight excluding hydrogens is 460 g/mol. The summed E-state index contributed by atoms with van der Waals surface area (Å²) in [6, 6.07) is 10.7. The molecule has 2 aromatic heterocycles. The smallest absolute Gasteiger partial charge is 0.407 e. The number of nitrogens with zero attached hydrogens (tertiary/aromatic N) is 4. The number of piperidine rings is 1. The Balaban J connectivity index is 1.56. The summed E-state index contributed by atoms with van der Waals surface area (Å²) in [5, 5.41) is 10.4. The minimum atomic E-state index is -3.24. The van der Waals surface area contributed by atoms with Crippen LogP contribution in [0.2, 0.25) is 0 Å². The zero-order chi connectivity index (χ0) is 23.9. The number of thiazole rings is 1. The lowest BCUT2D eigenvalue weighted by molar-refractivity contribution is 0.0829. The predicted molar refractivity (Wildman–Crippen MR) is 131 cm³/mol. The fourth-order valence-corrected chi connectivity index (χ4v) is 5.95. The van der Waals surface area contributed by atoms with Gasteiger partial charge in [0, 0.05) is 37.5 Å². The van der Waals surface area contributed by atoms with Crippen LogP contribution in [0.15, 0.2) is 41.3 Å². The van der Waals surface area contributed by atoms with E-state index in [4.69, 9.17) is 9.97 Å². The van der Waals surface area contributed by atoms with Crippen LogP contribution in [0.25, 0.3) is 21.6 Å². The largest absolute Gasteiger partial charge is 0.465 e. The number of hydrogen-bond acceptors (Lipinski definition) is 7. The summed E-state index contributed by atoms with van der Waals surface area (Å²) in [7, 11) is -1.23. The molecule has 3 heterocycles. The van der Waals surface area contributed by atoms with Gasteiger partial charge < -0.3 is 14.9 Å². The number of anilines is 1. The van der Waals surface area contributed by atoms with Gasteiger partial charge in [0.2, 0.25) is 0 Å². The van der Waals surface area contributed by atoms with Crippen molar-refractivity contribution in [2.45, 2.75) is 43.7 Å². The van der Waals surface area contributed by atoms with Crippen LogP contribution in [-0.4, -0.2) is 66.4 Å². The van der Waals surface area contributed by atoms with Gasteiger partial charge in [-0.15, -0.1) is 0 Å². The quantitative estimate of drug-likeness (QED) is 0.569. The summed E-state index contributed by atoms with van der Waals surface area (Å²) in [5.41, 5.74) is 2.41. The minimum absolute atomic E-state index is 0.0160. The standard InChI is InChI=1S/C23H28N4O4S2/c1-14(2)20-13-16(11-12-27(20)23(28)29)26(3)22-25-19-10-9-18(24-21(19)32-22)15-5-7-17(8-6-15)33(4,30)31/h5-10,14,16,20H,11-13H2,1-4H3,(H,28,29). The van der Waals surface area contributed by atoms with Gasteiger partial charge in [0.15, 0.2) is 15.0 Å². The number of fused-ring (bicyclic) bond motifs is 1. The van der Waals surface area contributed by atoms with Gasteiger partial charge >= 0.3 is 6.09 Å². The number of hydrogen-bond donors (Lipinski definition) is 1. The van der Waals surface area contributed by atoms with Crippen molar-refractivity contribution in [1.29, 1.82) is 0 Å². The molecule has 1 N–H and O–H groups in total. The van der Waals surface area contributed by atoms with Crippen molar-refractivity contribution in [2.75, 3.05) is 24.7 Å². The van der Waals surface area contributed by atoms with Crippen LogP contribution in [0.3, 0.4) is 0 Å². The topological polar surface area (TPSA) is 104 Å². The molecule has 0 spiro atoms. The molecule has 176 valence electrons. The van der Waals surface area contributed by atoms with Crippen LogP contribution in [-0.2, 0) is 9.84 Å². The Hall–Kier alpha value is -2.72. The first-order valence-corrected chi connectivity index (χ1v) is 13.6. The average Bonchev–Trinajstić information content (AvgIpc) is 3.21. The zero-order valence-corrected chi connectivity index (χ0v) is 20.7. The monoisotopic (exact) mass is 488 g/mol. The lowest BCUT2D eigenvalue weighted by Crippen LogP contribution is -2.53. The van der Waals surface area contributed by atoms with Crippen LogP contribution < -0.4 is 4.90 Å². The summed E-state index contributed by atoms with van der Waals surface area (Å²) >= 11 is 1.51. The number of sulfone groups is 1. The van der Waals surface area contributed by atoms with Crippen molar-refractivity contribution < 1.29 is 18.3 Å². The molecule has 33 heavy (non-hydrogen) atoms. The highest BCUT2D eigenvalue weighted by molar-refractivity contribution is 7.90. The molecule has 1 amide bonds.